The summed E-state index contributed by atoms with van der Waals surface area (Å²) in [4.78, 5) is 10.3. The minimum absolute atomic E-state index is 0.00370. The van der Waals surface area contributed by atoms with E-state index in [0.717, 1.165) is 0 Å². The van der Waals surface area contributed by atoms with Crippen molar-refractivity contribution < 1.29 is 20.1 Å². The van der Waals surface area contributed by atoms with Crippen molar-refractivity contribution >= 4 is 5.97 Å². The lowest BCUT2D eigenvalue weighted by atomic mass is 10.1. The van der Waals surface area contributed by atoms with E-state index in [2.05, 4.69) is 0 Å². The maximum absolute atomic E-state index is 10.3. The largest absolute Gasteiger partial charge is 0.508 e. The van der Waals surface area contributed by atoms with Gasteiger partial charge in [-0.1, -0.05) is 26.0 Å². The van der Waals surface area contributed by atoms with E-state index in [1.165, 1.54) is 12.1 Å². The first-order chi connectivity index (χ1) is 7.09. The Morgan fingerprint density at radius 1 is 1.40 bits per heavy atom. The van der Waals surface area contributed by atoms with Crippen molar-refractivity contribution in [1.82, 2.24) is 0 Å². The molecule has 0 radical (unpaired) electrons. The van der Waals surface area contributed by atoms with Gasteiger partial charge in [-0.3, -0.25) is 0 Å². The highest BCUT2D eigenvalue weighted by Gasteiger charge is 2.13. The van der Waals surface area contributed by atoms with Crippen LogP contribution in [0.3, 0.4) is 0 Å². The highest BCUT2D eigenvalue weighted by molar-refractivity contribution is 5.72. The van der Waals surface area contributed by atoms with Crippen LogP contribution < -0.4 is 0 Å². The molecule has 0 aliphatic rings. The molecule has 1 aromatic rings. The van der Waals surface area contributed by atoms with Gasteiger partial charge in [-0.15, -0.1) is 0 Å². The Balaban J connectivity index is 0.000000921. The lowest BCUT2D eigenvalue weighted by molar-refractivity contribution is -0.146. The number of aliphatic hydroxyl groups excluding tert-OH is 1. The fraction of sp³-hybridized carbons (Fsp3) is 0.364. The van der Waals surface area contributed by atoms with Gasteiger partial charge in [0.05, 0.1) is 0 Å². The van der Waals surface area contributed by atoms with Gasteiger partial charge in [0.25, 0.3) is 0 Å². The molecule has 1 atom stereocenters. The Labute approximate surface area is 88.8 Å². The topological polar surface area (TPSA) is 77.8 Å². The summed E-state index contributed by atoms with van der Waals surface area (Å²) in [5.74, 6) is -1.20. The molecule has 0 saturated carbocycles. The number of benzene rings is 1. The van der Waals surface area contributed by atoms with Crippen LogP contribution in [0.5, 0.6) is 5.75 Å². The molecule has 0 heterocycles. The minimum Gasteiger partial charge on any atom is -0.508 e. The second-order valence-corrected chi connectivity index (χ2v) is 2.73. The summed E-state index contributed by atoms with van der Waals surface area (Å²) in [6.07, 6.45) is -1.41. The second kappa shape index (κ2) is 6.84. The van der Waals surface area contributed by atoms with Crippen LogP contribution in [-0.2, 0) is 11.2 Å². The Bertz CT molecular complexity index is 309. The van der Waals surface area contributed by atoms with Crippen LogP contribution in [0.4, 0.5) is 0 Å². The van der Waals surface area contributed by atoms with Gasteiger partial charge in [-0.05, 0) is 17.7 Å². The van der Waals surface area contributed by atoms with E-state index in [-0.39, 0.29) is 12.2 Å². The molecule has 0 fully saturated rings. The predicted molar refractivity (Wildman–Crippen MR) is 56.8 cm³/mol. The van der Waals surface area contributed by atoms with E-state index in [4.69, 9.17) is 15.3 Å². The number of carboxylic acid groups (broad SMARTS) is 1. The summed E-state index contributed by atoms with van der Waals surface area (Å²) in [5, 5.41) is 26.4. The highest BCUT2D eigenvalue weighted by Crippen LogP contribution is 2.12. The van der Waals surface area contributed by atoms with Gasteiger partial charge in [0.15, 0.2) is 6.10 Å². The molecular formula is C11H16O4. The number of aliphatic carboxylic acids is 1. The number of carboxylic acids is 1. The van der Waals surface area contributed by atoms with Crippen LogP contribution in [0.15, 0.2) is 24.3 Å². The van der Waals surface area contributed by atoms with E-state index in [1.54, 1.807) is 12.1 Å². The smallest absolute Gasteiger partial charge is 0.332 e. The molecule has 0 aliphatic heterocycles. The standard InChI is InChI=1S/C9H10O4.C2H6/c10-7-3-1-2-6(4-7)5-8(11)9(12)13;1-2/h1-4,8,10-11H,5H2,(H,12,13);1-2H3. The number of hydrogen-bond donors (Lipinski definition) is 3. The Morgan fingerprint density at radius 2 is 2.00 bits per heavy atom. The van der Waals surface area contributed by atoms with Crippen LogP contribution in [0.2, 0.25) is 0 Å². The number of phenolic OH excluding ortho intramolecular Hbond substituents is 1. The van der Waals surface area contributed by atoms with E-state index in [0.29, 0.717) is 5.56 Å². The SMILES string of the molecule is CC.O=C(O)C(O)Cc1cccc(O)c1. The summed E-state index contributed by atoms with van der Waals surface area (Å²) in [5.41, 5.74) is 0.593. The molecular weight excluding hydrogens is 196 g/mol. The van der Waals surface area contributed by atoms with Gasteiger partial charge in [-0.25, -0.2) is 4.79 Å². The summed E-state index contributed by atoms with van der Waals surface area (Å²) >= 11 is 0. The summed E-state index contributed by atoms with van der Waals surface area (Å²) < 4.78 is 0. The fourth-order valence-corrected chi connectivity index (χ4v) is 0.994. The normalized spacial score (nSPS) is 11.1. The lowest BCUT2D eigenvalue weighted by Crippen LogP contribution is -2.21. The number of carbonyl (C=O) groups is 1. The predicted octanol–water partition coefficient (Wildman–Crippen LogP) is 1.41. The highest BCUT2D eigenvalue weighted by atomic mass is 16.4. The molecule has 0 bridgehead atoms. The average molecular weight is 212 g/mol. The number of aliphatic hydroxyl groups is 1. The van der Waals surface area contributed by atoms with Gasteiger partial charge >= 0.3 is 5.97 Å². The van der Waals surface area contributed by atoms with E-state index < -0.39 is 12.1 Å². The summed E-state index contributed by atoms with van der Waals surface area (Å²) in [6, 6.07) is 6.15. The zero-order valence-electron chi connectivity index (χ0n) is 8.84. The summed E-state index contributed by atoms with van der Waals surface area (Å²) in [7, 11) is 0. The molecule has 4 heteroatoms. The van der Waals surface area contributed by atoms with Gasteiger partial charge in [0, 0.05) is 6.42 Å². The number of hydrogen-bond acceptors (Lipinski definition) is 3. The van der Waals surface area contributed by atoms with Crippen molar-refractivity contribution in [3.05, 3.63) is 29.8 Å². The quantitative estimate of drug-likeness (QED) is 0.707. The zero-order valence-corrected chi connectivity index (χ0v) is 8.84. The molecule has 3 N–H and O–H groups in total. The van der Waals surface area contributed by atoms with Crippen molar-refractivity contribution in [3.63, 3.8) is 0 Å². The molecule has 0 saturated heterocycles. The molecule has 4 nitrogen and oxygen atoms in total. The third-order valence-corrected chi connectivity index (χ3v) is 1.62. The van der Waals surface area contributed by atoms with Crippen molar-refractivity contribution in [2.24, 2.45) is 0 Å². The first kappa shape index (κ1) is 13.4. The van der Waals surface area contributed by atoms with Crippen molar-refractivity contribution in [3.8, 4) is 5.75 Å². The van der Waals surface area contributed by atoms with E-state index >= 15 is 0 Å². The molecule has 84 valence electrons. The van der Waals surface area contributed by atoms with Crippen LogP contribution in [0.1, 0.15) is 19.4 Å². The van der Waals surface area contributed by atoms with Crippen LogP contribution in [-0.4, -0.2) is 27.4 Å². The van der Waals surface area contributed by atoms with Crippen molar-refractivity contribution in [2.45, 2.75) is 26.4 Å². The van der Waals surface area contributed by atoms with Gasteiger partial charge in [0.1, 0.15) is 5.75 Å². The number of phenols is 1. The first-order valence-electron chi connectivity index (χ1n) is 4.78. The van der Waals surface area contributed by atoms with Crippen molar-refractivity contribution in [2.75, 3.05) is 0 Å². The lowest BCUT2D eigenvalue weighted by Gasteiger charge is -2.05. The monoisotopic (exact) mass is 212 g/mol. The third-order valence-electron chi connectivity index (χ3n) is 1.62. The van der Waals surface area contributed by atoms with E-state index in [1.807, 2.05) is 13.8 Å². The van der Waals surface area contributed by atoms with Crippen LogP contribution in [0.25, 0.3) is 0 Å². The maximum atomic E-state index is 10.3. The van der Waals surface area contributed by atoms with Crippen LogP contribution >= 0.6 is 0 Å². The minimum atomic E-state index is -1.42. The molecule has 0 amide bonds. The average Bonchev–Trinajstić information content (AvgIpc) is 2.20. The Kier molecular flexibility index (Phi) is 6.13. The molecule has 0 aliphatic carbocycles. The Hall–Kier alpha value is -1.55. The zero-order chi connectivity index (χ0) is 11.8. The molecule has 1 rings (SSSR count). The third kappa shape index (κ3) is 5.02. The van der Waals surface area contributed by atoms with Gasteiger partial charge in [-0.2, -0.15) is 0 Å². The number of rotatable bonds is 3. The van der Waals surface area contributed by atoms with Crippen molar-refractivity contribution in [1.29, 1.82) is 0 Å². The maximum Gasteiger partial charge on any atom is 0.332 e. The molecule has 15 heavy (non-hydrogen) atoms. The summed E-state index contributed by atoms with van der Waals surface area (Å²) in [6.45, 7) is 4.00. The molecule has 0 aromatic heterocycles. The van der Waals surface area contributed by atoms with E-state index in [9.17, 15) is 4.79 Å². The molecule has 1 aromatic carbocycles. The molecule has 0 spiro atoms. The fourth-order valence-electron chi connectivity index (χ4n) is 0.994. The van der Waals surface area contributed by atoms with Gasteiger partial charge < -0.3 is 15.3 Å². The Morgan fingerprint density at radius 3 is 2.47 bits per heavy atom. The molecule has 1 unspecified atom stereocenters. The number of aromatic hydroxyl groups is 1. The first-order valence-corrected chi connectivity index (χ1v) is 4.78. The second-order valence-electron chi connectivity index (χ2n) is 2.73. The van der Waals surface area contributed by atoms with Crippen LogP contribution in [0, 0.1) is 0 Å². The van der Waals surface area contributed by atoms with Gasteiger partial charge in [0.2, 0.25) is 0 Å².